The highest BCUT2D eigenvalue weighted by Crippen LogP contribution is 2.32. The number of nitrogens with zero attached hydrogens (tertiary/aromatic N) is 3. The summed E-state index contributed by atoms with van der Waals surface area (Å²) in [5.74, 6) is -0.464. The summed E-state index contributed by atoms with van der Waals surface area (Å²) in [5.41, 5.74) is 0.601. The number of nitro benzene ring substituents is 1. The molecule has 0 aliphatic rings. The highest BCUT2D eigenvalue weighted by atomic mass is 32.2. The predicted molar refractivity (Wildman–Crippen MR) is 108 cm³/mol. The van der Waals surface area contributed by atoms with Crippen LogP contribution in [0, 0.1) is 10.1 Å². The van der Waals surface area contributed by atoms with E-state index in [1.54, 1.807) is 12.1 Å². The number of ether oxygens (including phenoxy) is 1. The Hall–Kier alpha value is -2.49. The van der Waals surface area contributed by atoms with E-state index >= 15 is 0 Å². The normalized spacial score (nSPS) is 10.9. The average molecular weight is 403 g/mol. The molecule has 27 heavy (non-hydrogen) atoms. The van der Waals surface area contributed by atoms with Gasteiger partial charge in [0.05, 0.1) is 28.3 Å². The molecule has 9 heteroatoms. The van der Waals surface area contributed by atoms with Gasteiger partial charge in [-0.25, -0.2) is 4.98 Å². The van der Waals surface area contributed by atoms with Crippen LogP contribution >= 0.6 is 23.1 Å². The van der Waals surface area contributed by atoms with E-state index in [1.165, 1.54) is 41.2 Å². The average Bonchev–Trinajstić information content (AvgIpc) is 3.11. The second-order valence-electron chi connectivity index (χ2n) is 5.55. The molecule has 3 rings (SSSR count). The minimum absolute atomic E-state index is 0.0437. The molecule has 0 radical (unpaired) electrons. The monoisotopic (exact) mass is 403 g/mol. The Balaban J connectivity index is 2.07. The zero-order valence-electron chi connectivity index (χ0n) is 14.7. The van der Waals surface area contributed by atoms with Crippen molar-refractivity contribution in [2.45, 2.75) is 4.90 Å². The Bertz CT molecular complexity index is 957. The molecule has 140 valence electrons. The van der Waals surface area contributed by atoms with E-state index < -0.39 is 10.8 Å². The fourth-order valence-electron chi connectivity index (χ4n) is 2.56. The maximum atomic E-state index is 13.2. The number of rotatable bonds is 7. The molecular weight excluding hydrogens is 386 g/mol. The summed E-state index contributed by atoms with van der Waals surface area (Å²) in [4.78, 5) is 30.9. The van der Waals surface area contributed by atoms with Gasteiger partial charge in [0.25, 0.3) is 11.6 Å². The Morgan fingerprint density at radius 2 is 2.11 bits per heavy atom. The lowest BCUT2D eigenvalue weighted by molar-refractivity contribution is -0.385. The number of thiazole rings is 1. The summed E-state index contributed by atoms with van der Waals surface area (Å²) in [6.07, 6.45) is 1.85. The van der Waals surface area contributed by atoms with E-state index in [9.17, 15) is 14.9 Å². The largest absolute Gasteiger partial charge is 0.383 e. The van der Waals surface area contributed by atoms with Gasteiger partial charge in [0, 0.05) is 18.1 Å². The molecule has 3 aromatic rings. The van der Waals surface area contributed by atoms with Gasteiger partial charge in [-0.05, 0) is 30.5 Å². The number of hydrogen-bond donors (Lipinski definition) is 0. The summed E-state index contributed by atoms with van der Waals surface area (Å²) >= 11 is 2.79. The van der Waals surface area contributed by atoms with Crippen molar-refractivity contribution in [2.75, 3.05) is 31.4 Å². The molecule has 0 N–H and O–H groups in total. The maximum Gasteiger partial charge on any atom is 0.282 e. The first-order chi connectivity index (χ1) is 13.0. The molecule has 0 fully saturated rings. The predicted octanol–water partition coefficient (Wildman–Crippen LogP) is 4.22. The van der Waals surface area contributed by atoms with Crippen LogP contribution in [-0.2, 0) is 4.74 Å². The van der Waals surface area contributed by atoms with Gasteiger partial charge < -0.3 is 4.74 Å². The summed E-state index contributed by atoms with van der Waals surface area (Å²) in [7, 11) is 1.54. The van der Waals surface area contributed by atoms with E-state index in [1.807, 2.05) is 30.5 Å². The lowest BCUT2D eigenvalue weighted by atomic mass is 10.1. The van der Waals surface area contributed by atoms with Gasteiger partial charge in [-0.1, -0.05) is 23.5 Å². The van der Waals surface area contributed by atoms with Crippen LogP contribution in [0.1, 0.15) is 10.4 Å². The lowest BCUT2D eigenvalue weighted by Gasteiger charge is -2.19. The molecule has 0 aliphatic carbocycles. The van der Waals surface area contributed by atoms with E-state index in [4.69, 9.17) is 4.74 Å². The third-order valence-corrected chi connectivity index (χ3v) is 5.69. The second-order valence-corrected chi connectivity index (χ2v) is 7.44. The molecule has 1 heterocycles. The van der Waals surface area contributed by atoms with Crippen LogP contribution in [0.4, 0.5) is 10.8 Å². The third-order valence-electron chi connectivity index (χ3n) is 3.91. The molecule has 0 saturated heterocycles. The molecule has 0 unspecified atom stereocenters. The van der Waals surface area contributed by atoms with Crippen molar-refractivity contribution >= 4 is 50.0 Å². The van der Waals surface area contributed by atoms with Crippen LogP contribution in [0.5, 0.6) is 0 Å². The highest BCUT2D eigenvalue weighted by molar-refractivity contribution is 7.98. The number of anilines is 1. The number of nitro groups is 1. The molecule has 7 nitrogen and oxygen atoms in total. The number of aromatic nitrogens is 1. The Kier molecular flexibility index (Phi) is 6.04. The molecular formula is C18H17N3O4S2. The quantitative estimate of drug-likeness (QED) is 0.334. The molecule has 0 atom stereocenters. The minimum atomic E-state index is -0.538. The molecule has 0 aliphatic heterocycles. The van der Waals surface area contributed by atoms with Crippen molar-refractivity contribution in [3.8, 4) is 0 Å². The van der Waals surface area contributed by atoms with Gasteiger partial charge in [0.1, 0.15) is 5.56 Å². The summed E-state index contributed by atoms with van der Waals surface area (Å²) in [5, 5.41) is 11.9. The van der Waals surface area contributed by atoms with Crippen LogP contribution in [0.3, 0.4) is 0 Å². The number of fused-ring (bicyclic) bond motifs is 1. The molecule has 2 aromatic carbocycles. The van der Waals surface area contributed by atoms with Crippen LogP contribution < -0.4 is 4.90 Å². The fourth-order valence-corrected chi connectivity index (χ4v) is 3.99. The van der Waals surface area contributed by atoms with Gasteiger partial charge in [0.2, 0.25) is 0 Å². The van der Waals surface area contributed by atoms with E-state index in [2.05, 4.69) is 4.98 Å². The smallest absolute Gasteiger partial charge is 0.282 e. The SMILES string of the molecule is COCCN(C(=O)c1cc(SC)ccc1[N+](=O)[O-])c1nc2ccccc2s1. The van der Waals surface area contributed by atoms with Gasteiger partial charge in [-0.3, -0.25) is 19.8 Å². The van der Waals surface area contributed by atoms with Crippen LogP contribution in [0.15, 0.2) is 47.4 Å². The highest BCUT2D eigenvalue weighted by Gasteiger charge is 2.28. The summed E-state index contributed by atoms with van der Waals surface area (Å²) in [6, 6.07) is 12.1. The zero-order valence-corrected chi connectivity index (χ0v) is 16.4. The first kappa shape index (κ1) is 19.3. The zero-order chi connectivity index (χ0) is 19.4. The second kappa shape index (κ2) is 8.47. The number of benzene rings is 2. The molecule has 1 amide bonds. The topological polar surface area (TPSA) is 85.6 Å². The maximum absolute atomic E-state index is 13.2. The van der Waals surface area contributed by atoms with Crippen molar-refractivity contribution in [3.63, 3.8) is 0 Å². The number of carbonyl (C=O) groups excluding carboxylic acids is 1. The van der Waals surface area contributed by atoms with Crippen LogP contribution in [0.2, 0.25) is 0 Å². The van der Waals surface area contributed by atoms with Crippen molar-refractivity contribution in [2.24, 2.45) is 0 Å². The van der Waals surface area contributed by atoms with E-state index in [-0.39, 0.29) is 24.4 Å². The number of amides is 1. The van der Waals surface area contributed by atoms with E-state index in [0.29, 0.717) is 5.13 Å². The Morgan fingerprint density at radius 3 is 2.78 bits per heavy atom. The van der Waals surface area contributed by atoms with Crippen molar-refractivity contribution in [3.05, 3.63) is 58.1 Å². The number of carbonyl (C=O) groups is 1. The number of para-hydroxylation sites is 1. The van der Waals surface area contributed by atoms with Gasteiger partial charge in [-0.2, -0.15) is 0 Å². The van der Waals surface area contributed by atoms with Gasteiger partial charge >= 0.3 is 0 Å². The standard InChI is InChI=1S/C18H17N3O4S2/c1-25-10-9-20(18-19-14-5-3-4-6-16(14)27-18)17(22)13-11-12(26-2)7-8-15(13)21(23)24/h3-8,11H,9-10H2,1-2H3. The van der Waals surface area contributed by atoms with Crippen molar-refractivity contribution < 1.29 is 14.5 Å². The third kappa shape index (κ3) is 4.10. The Labute approximate surface area is 164 Å². The molecule has 0 spiro atoms. The summed E-state index contributed by atoms with van der Waals surface area (Å²) < 4.78 is 6.06. The van der Waals surface area contributed by atoms with Crippen LogP contribution in [0.25, 0.3) is 10.2 Å². The molecule has 0 bridgehead atoms. The molecule has 1 aromatic heterocycles. The first-order valence-corrected chi connectivity index (χ1v) is 10.1. The fraction of sp³-hybridized carbons (Fsp3) is 0.222. The minimum Gasteiger partial charge on any atom is -0.383 e. The summed E-state index contributed by atoms with van der Waals surface area (Å²) in [6.45, 7) is 0.535. The lowest BCUT2D eigenvalue weighted by Crippen LogP contribution is -2.34. The van der Waals surface area contributed by atoms with E-state index in [0.717, 1.165) is 15.1 Å². The first-order valence-electron chi connectivity index (χ1n) is 8.04. The van der Waals surface area contributed by atoms with Crippen molar-refractivity contribution in [1.82, 2.24) is 4.98 Å². The van der Waals surface area contributed by atoms with Gasteiger partial charge in [-0.15, -0.1) is 11.8 Å². The number of methoxy groups -OCH3 is 1. The number of hydrogen-bond acceptors (Lipinski definition) is 7. The Morgan fingerprint density at radius 1 is 1.33 bits per heavy atom. The van der Waals surface area contributed by atoms with Crippen LogP contribution in [-0.4, -0.2) is 42.3 Å². The van der Waals surface area contributed by atoms with Crippen molar-refractivity contribution in [1.29, 1.82) is 0 Å². The van der Waals surface area contributed by atoms with Gasteiger partial charge in [0.15, 0.2) is 5.13 Å². The molecule has 0 saturated carbocycles. The number of thioether (sulfide) groups is 1.